The number of carbonyl (C=O) groups is 2. The number of halogens is 2. The van der Waals surface area contributed by atoms with Gasteiger partial charge in [-0.3, -0.25) is 9.59 Å². The first-order valence-electron chi connectivity index (χ1n) is 7.87. The molecule has 0 spiro atoms. The number of esters is 1. The lowest BCUT2D eigenvalue weighted by Gasteiger charge is -2.06. The zero-order valence-corrected chi connectivity index (χ0v) is 14.4. The Balaban J connectivity index is 1.63. The number of hydrogen-bond donors (Lipinski definition) is 0. The summed E-state index contributed by atoms with van der Waals surface area (Å²) in [6.45, 7) is 0. The molecule has 0 unspecified atom stereocenters. The van der Waals surface area contributed by atoms with E-state index < -0.39 is 11.8 Å². The Bertz CT molecular complexity index is 917. The van der Waals surface area contributed by atoms with E-state index in [1.807, 2.05) is 0 Å². The Labute approximate surface area is 155 Å². The molecule has 3 aromatic carbocycles. The summed E-state index contributed by atoms with van der Waals surface area (Å²) in [5, 5.41) is 0.600. The van der Waals surface area contributed by atoms with Gasteiger partial charge in [0.1, 0.15) is 11.6 Å². The van der Waals surface area contributed by atoms with Crippen molar-refractivity contribution in [2.24, 2.45) is 0 Å². The van der Waals surface area contributed by atoms with Gasteiger partial charge in [-0.15, -0.1) is 0 Å². The number of ketones is 1. The number of benzene rings is 3. The average molecular weight is 369 g/mol. The molecule has 0 amide bonds. The molecule has 0 saturated heterocycles. The van der Waals surface area contributed by atoms with E-state index in [9.17, 15) is 14.0 Å². The van der Waals surface area contributed by atoms with Gasteiger partial charge in [0.25, 0.3) is 0 Å². The van der Waals surface area contributed by atoms with Gasteiger partial charge in [0.15, 0.2) is 5.78 Å². The van der Waals surface area contributed by atoms with Gasteiger partial charge in [0, 0.05) is 16.1 Å². The smallest absolute Gasteiger partial charge is 0.315 e. The lowest BCUT2D eigenvalue weighted by molar-refractivity contribution is -0.133. The fraction of sp³-hybridized carbons (Fsp3) is 0.0476. The molecule has 0 N–H and O–H groups in total. The molecular weight excluding hydrogens is 355 g/mol. The Morgan fingerprint density at radius 2 is 1.35 bits per heavy atom. The van der Waals surface area contributed by atoms with Gasteiger partial charge in [0.2, 0.25) is 0 Å². The van der Waals surface area contributed by atoms with Crippen molar-refractivity contribution in [3.8, 4) is 5.75 Å². The second kappa shape index (κ2) is 7.93. The highest BCUT2D eigenvalue weighted by Gasteiger charge is 2.11. The first-order chi connectivity index (χ1) is 12.5. The fourth-order valence-corrected chi connectivity index (χ4v) is 2.50. The third-order valence-electron chi connectivity index (χ3n) is 3.72. The van der Waals surface area contributed by atoms with Gasteiger partial charge in [-0.25, -0.2) is 4.39 Å². The molecule has 0 aliphatic carbocycles. The minimum absolute atomic E-state index is 0.118. The summed E-state index contributed by atoms with van der Waals surface area (Å²) in [4.78, 5) is 24.3. The van der Waals surface area contributed by atoms with E-state index in [1.54, 1.807) is 48.5 Å². The molecule has 0 aliphatic heterocycles. The lowest BCUT2D eigenvalue weighted by atomic mass is 10.0. The van der Waals surface area contributed by atoms with Crippen molar-refractivity contribution >= 4 is 23.4 Å². The first-order valence-corrected chi connectivity index (χ1v) is 8.24. The van der Waals surface area contributed by atoms with E-state index in [0.29, 0.717) is 21.9 Å². The Morgan fingerprint density at radius 3 is 1.92 bits per heavy atom. The molecule has 0 aliphatic rings. The monoisotopic (exact) mass is 368 g/mol. The number of rotatable bonds is 5. The molecule has 0 aromatic heterocycles. The second-order valence-corrected chi connectivity index (χ2v) is 6.07. The third-order valence-corrected chi connectivity index (χ3v) is 3.97. The van der Waals surface area contributed by atoms with Crippen molar-refractivity contribution < 1.29 is 18.7 Å². The topological polar surface area (TPSA) is 43.4 Å². The summed E-state index contributed by atoms with van der Waals surface area (Å²) in [6, 6.07) is 18.5. The van der Waals surface area contributed by atoms with Crippen molar-refractivity contribution in [3.05, 3.63) is 100 Å². The van der Waals surface area contributed by atoms with Crippen LogP contribution in [0.3, 0.4) is 0 Å². The standard InChI is InChI=1S/C21H14ClFO3/c22-17-7-1-14(2-8-17)13-20(24)26-19-11-5-16(6-12-19)21(25)15-3-9-18(23)10-4-15/h1-12H,13H2. The van der Waals surface area contributed by atoms with Crippen LogP contribution in [0.25, 0.3) is 0 Å². The summed E-state index contributed by atoms with van der Waals surface area (Å²) < 4.78 is 18.2. The van der Waals surface area contributed by atoms with E-state index in [0.717, 1.165) is 5.56 Å². The van der Waals surface area contributed by atoms with E-state index in [2.05, 4.69) is 0 Å². The molecule has 0 atom stereocenters. The molecule has 0 bridgehead atoms. The number of ether oxygens (including phenoxy) is 1. The van der Waals surface area contributed by atoms with E-state index in [4.69, 9.17) is 16.3 Å². The molecule has 3 rings (SSSR count). The van der Waals surface area contributed by atoms with Gasteiger partial charge in [-0.1, -0.05) is 23.7 Å². The molecule has 0 radical (unpaired) electrons. The molecule has 0 fully saturated rings. The van der Waals surface area contributed by atoms with Crippen LogP contribution in [-0.2, 0) is 11.2 Å². The van der Waals surface area contributed by atoms with Gasteiger partial charge >= 0.3 is 5.97 Å². The van der Waals surface area contributed by atoms with Crippen molar-refractivity contribution in [1.82, 2.24) is 0 Å². The predicted octanol–water partition coefficient (Wildman–Crippen LogP) is 4.86. The van der Waals surface area contributed by atoms with Crippen LogP contribution in [0.1, 0.15) is 21.5 Å². The van der Waals surface area contributed by atoms with Crippen molar-refractivity contribution in [2.45, 2.75) is 6.42 Å². The van der Waals surface area contributed by atoms with E-state index in [-0.39, 0.29) is 12.2 Å². The zero-order chi connectivity index (χ0) is 18.5. The van der Waals surface area contributed by atoms with E-state index in [1.165, 1.54) is 24.3 Å². The zero-order valence-electron chi connectivity index (χ0n) is 13.6. The maximum atomic E-state index is 12.9. The summed E-state index contributed by atoms with van der Waals surface area (Å²) in [7, 11) is 0. The summed E-state index contributed by atoms with van der Waals surface area (Å²) >= 11 is 5.81. The summed E-state index contributed by atoms with van der Waals surface area (Å²) in [6.07, 6.45) is 0.118. The molecule has 0 saturated carbocycles. The van der Waals surface area contributed by atoms with Gasteiger partial charge < -0.3 is 4.74 Å². The number of carbonyl (C=O) groups excluding carboxylic acids is 2. The van der Waals surface area contributed by atoms with Crippen LogP contribution in [-0.4, -0.2) is 11.8 Å². The maximum Gasteiger partial charge on any atom is 0.315 e. The summed E-state index contributed by atoms with van der Waals surface area (Å²) in [5.41, 5.74) is 1.61. The predicted molar refractivity (Wildman–Crippen MR) is 97.1 cm³/mol. The average Bonchev–Trinajstić information content (AvgIpc) is 2.64. The highest BCUT2D eigenvalue weighted by Crippen LogP contribution is 2.17. The van der Waals surface area contributed by atoms with Crippen LogP contribution < -0.4 is 4.74 Å². The molecule has 0 heterocycles. The number of hydrogen-bond acceptors (Lipinski definition) is 3. The highest BCUT2D eigenvalue weighted by molar-refractivity contribution is 6.30. The summed E-state index contributed by atoms with van der Waals surface area (Å²) in [5.74, 6) is -0.696. The van der Waals surface area contributed by atoms with Gasteiger partial charge in [0.05, 0.1) is 6.42 Å². The Kier molecular flexibility index (Phi) is 5.44. The third kappa shape index (κ3) is 4.55. The van der Waals surface area contributed by atoms with Gasteiger partial charge in [-0.2, -0.15) is 0 Å². The molecular formula is C21H14ClFO3. The van der Waals surface area contributed by atoms with Crippen LogP contribution in [0.15, 0.2) is 72.8 Å². The normalized spacial score (nSPS) is 10.4. The van der Waals surface area contributed by atoms with Crippen LogP contribution in [0.5, 0.6) is 5.75 Å². The van der Waals surface area contributed by atoms with Crippen LogP contribution >= 0.6 is 11.6 Å². The van der Waals surface area contributed by atoms with Crippen molar-refractivity contribution in [2.75, 3.05) is 0 Å². The quantitative estimate of drug-likeness (QED) is 0.367. The SMILES string of the molecule is O=C(Cc1ccc(Cl)cc1)Oc1ccc(C(=O)c2ccc(F)cc2)cc1. The van der Waals surface area contributed by atoms with Crippen LogP contribution in [0.4, 0.5) is 4.39 Å². The van der Waals surface area contributed by atoms with E-state index >= 15 is 0 Å². The van der Waals surface area contributed by atoms with Crippen molar-refractivity contribution in [3.63, 3.8) is 0 Å². The maximum absolute atomic E-state index is 12.9. The van der Waals surface area contributed by atoms with Gasteiger partial charge in [-0.05, 0) is 66.2 Å². The minimum atomic E-state index is -0.412. The van der Waals surface area contributed by atoms with Crippen LogP contribution in [0, 0.1) is 5.82 Å². The largest absolute Gasteiger partial charge is 0.426 e. The molecule has 130 valence electrons. The molecule has 3 aromatic rings. The second-order valence-electron chi connectivity index (χ2n) is 5.64. The fourth-order valence-electron chi connectivity index (χ4n) is 2.38. The lowest BCUT2D eigenvalue weighted by Crippen LogP contribution is -2.11. The first kappa shape index (κ1) is 17.8. The molecule has 5 heteroatoms. The molecule has 26 heavy (non-hydrogen) atoms. The van der Waals surface area contributed by atoms with Crippen molar-refractivity contribution in [1.29, 1.82) is 0 Å². The molecule has 3 nitrogen and oxygen atoms in total. The minimum Gasteiger partial charge on any atom is -0.426 e. The Hall–Kier alpha value is -2.98. The highest BCUT2D eigenvalue weighted by atomic mass is 35.5. The Morgan fingerprint density at radius 1 is 0.808 bits per heavy atom. The van der Waals surface area contributed by atoms with Crippen LogP contribution in [0.2, 0.25) is 5.02 Å².